The van der Waals surface area contributed by atoms with Crippen molar-refractivity contribution in [2.45, 2.75) is 25.4 Å². The maximum absolute atomic E-state index is 9.91. The monoisotopic (exact) mass is 292 g/mol. The Morgan fingerprint density at radius 3 is 2.64 bits per heavy atom. The minimum absolute atomic E-state index is 0.141. The minimum atomic E-state index is -0.597. The van der Waals surface area contributed by atoms with E-state index in [0.29, 0.717) is 0 Å². The number of hydrogen-bond acceptors (Lipinski definition) is 2. The van der Waals surface area contributed by atoms with E-state index in [4.69, 9.17) is 0 Å². The molecular formula is C20H20O2. The molecule has 4 rings (SSSR count). The molecule has 0 aliphatic heterocycles. The molecule has 2 atom stereocenters. The summed E-state index contributed by atoms with van der Waals surface area (Å²) in [6.07, 6.45) is 2.19. The maximum atomic E-state index is 9.91. The average molecular weight is 292 g/mol. The lowest BCUT2D eigenvalue weighted by Crippen LogP contribution is -2.29. The lowest BCUT2D eigenvalue weighted by molar-refractivity contribution is 0.0418. The summed E-state index contributed by atoms with van der Waals surface area (Å²) in [6, 6.07) is 17.4. The third-order valence-corrected chi connectivity index (χ3v) is 5.11. The molecule has 3 aromatic carbocycles. The lowest BCUT2D eigenvalue weighted by atomic mass is 9.79. The summed E-state index contributed by atoms with van der Waals surface area (Å²) in [5.74, 6) is 0.176. The molecule has 1 aliphatic rings. The van der Waals surface area contributed by atoms with Gasteiger partial charge in [0.15, 0.2) is 0 Å². The SMILES string of the molecule is OC[C@@H](O)C1CCc2c(ccc3c2ccc2ccccc23)C1. The second-order valence-corrected chi connectivity index (χ2v) is 6.34. The standard InChI is InChI=1S/C20H20O2/c21-12-20(22)15-7-8-17-14(11-15)6-10-18-16-4-2-1-3-13(16)5-9-19(17)18/h1-6,9-10,15,20-22H,7-8,11-12H2/t15?,20-/m1/s1. The third kappa shape index (κ3) is 2.11. The van der Waals surface area contributed by atoms with Gasteiger partial charge in [0.1, 0.15) is 0 Å². The van der Waals surface area contributed by atoms with Gasteiger partial charge < -0.3 is 10.2 Å². The summed E-state index contributed by atoms with van der Waals surface area (Å²) in [7, 11) is 0. The van der Waals surface area contributed by atoms with E-state index < -0.39 is 6.10 Å². The van der Waals surface area contributed by atoms with E-state index in [1.807, 2.05) is 0 Å². The highest BCUT2D eigenvalue weighted by Gasteiger charge is 2.25. The Bertz CT molecular complexity index is 838. The molecule has 2 nitrogen and oxygen atoms in total. The van der Waals surface area contributed by atoms with Crippen LogP contribution in [0.15, 0.2) is 48.5 Å². The molecule has 0 radical (unpaired) electrons. The van der Waals surface area contributed by atoms with Crippen LogP contribution in [0.4, 0.5) is 0 Å². The number of aliphatic hydroxyl groups is 2. The van der Waals surface area contributed by atoms with Crippen LogP contribution in [-0.4, -0.2) is 22.9 Å². The summed E-state index contributed by atoms with van der Waals surface area (Å²) in [6.45, 7) is -0.141. The van der Waals surface area contributed by atoms with E-state index in [0.717, 1.165) is 19.3 Å². The first-order valence-electron chi connectivity index (χ1n) is 7.99. The molecule has 112 valence electrons. The second kappa shape index (κ2) is 5.38. The van der Waals surface area contributed by atoms with Gasteiger partial charge in [-0.15, -0.1) is 0 Å². The smallest absolute Gasteiger partial charge is 0.0802 e. The first kappa shape index (κ1) is 13.7. The quantitative estimate of drug-likeness (QED) is 0.710. The van der Waals surface area contributed by atoms with Crippen LogP contribution in [-0.2, 0) is 12.8 Å². The molecule has 3 aromatic rings. The number of benzene rings is 3. The molecule has 0 fully saturated rings. The molecule has 0 amide bonds. The van der Waals surface area contributed by atoms with Crippen LogP contribution in [0.2, 0.25) is 0 Å². The fourth-order valence-electron chi connectivity index (χ4n) is 3.87. The van der Waals surface area contributed by atoms with Gasteiger partial charge in [0.2, 0.25) is 0 Å². The summed E-state index contributed by atoms with van der Waals surface area (Å²) >= 11 is 0. The molecule has 0 saturated carbocycles. The molecule has 0 bridgehead atoms. The highest BCUT2D eigenvalue weighted by atomic mass is 16.3. The first-order chi connectivity index (χ1) is 10.8. The van der Waals surface area contributed by atoms with Crippen molar-refractivity contribution in [3.05, 3.63) is 59.7 Å². The maximum Gasteiger partial charge on any atom is 0.0802 e. The van der Waals surface area contributed by atoms with E-state index in [2.05, 4.69) is 48.5 Å². The highest BCUT2D eigenvalue weighted by Crippen LogP contribution is 2.35. The predicted octanol–water partition coefficient (Wildman–Crippen LogP) is 3.45. The van der Waals surface area contributed by atoms with Gasteiger partial charge in [-0.2, -0.15) is 0 Å². The van der Waals surface area contributed by atoms with Gasteiger partial charge in [0, 0.05) is 0 Å². The van der Waals surface area contributed by atoms with Gasteiger partial charge in [-0.1, -0.05) is 48.5 Å². The Morgan fingerprint density at radius 1 is 0.955 bits per heavy atom. The molecule has 2 heteroatoms. The van der Waals surface area contributed by atoms with Gasteiger partial charge in [-0.25, -0.2) is 0 Å². The molecular weight excluding hydrogens is 272 g/mol. The zero-order chi connectivity index (χ0) is 15.1. The van der Waals surface area contributed by atoms with E-state index >= 15 is 0 Å². The van der Waals surface area contributed by atoms with Crippen LogP contribution in [0.1, 0.15) is 17.5 Å². The van der Waals surface area contributed by atoms with Gasteiger partial charge in [-0.3, -0.25) is 0 Å². The van der Waals surface area contributed by atoms with Crippen molar-refractivity contribution in [3.8, 4) is 0 Å². The minimum Gasteiger partial charge on any atom is -0.394 e. The third-order valence-electron chi connectivity index (χ3n) is 5.11. The summed E-state index contributed by atoms with van der Waals surface area (Å²) in [4.78, 5) is 0. The normalized spacial score (nSPS) is 19.3. The Kier molecular flexibility index (Phi) is 3.36. The number of fused-ring (bicyclic) bond motifs is 5. The average Bonchev–Trinajstić information content (AvgIpc) is 2.59. The van der Waals surface area contributed by atoms with Crippen LogP contribution in [0.25, 0.3) is 21.5 Å². The number of rotatable bonds is 2. The van der Waals surface area contributed by atoms with Crippen LogP contribution >= 0.6 is 0 Å². The molecule has 0 spiro atoms. The van der Waals surface area contributed by atoms with Gasteiger partial charge in [0.25, 0.3) is 0 Å². The largest absolute Gasteiger partial charge is 0.394 e. The molecule has 0 heterocycles. The highest BCUT2D eigenvalue weighted by molar-refractivity contribution is 6.08. The zero-order valence-corrected chi connectivity index (χ0v) is 12.5. The van der Waals surface area contributed by atoms with Crippen molar-refractivity contribution in [2.24, 2.45) is 5.92 Å². The molecule has 1 unspecified atom stereocenters. The van der Waals surface area contributed by atoms with E-state index in [9.17, 15) is 10.2 Å². The van der Waals surface area contributed by atoms with E-state index in [1.165, 1.54) is 32.7 Å². The van der Waals surface area contributed by atoms with E-state index in [-0.39, 0.29) is 12.5 Å². The molecule has 22 heavy (non-hydrogen) atoms. The second-order valence-electron chi connectivity index (χ2n) is 6.34. The van der Waals surface area contributed by atoms with Crippen molar-refractivity contribution in [3.63, 3.8) is 0 Å². The van der Waals surface area contributed by atoms with Crippen molar-refractivity contribution in [1.29, 1.82) is 0 Å². The number of aliphatic hydroxyl groups excluding tert-OH is 2. The first-order valence-corrected chi connectivity index (χ1v) is 7.99. The summed E-state index contributed by atoms with van der Waals surface area (Å²) < 4.78 is 0. The topological polar surface area (TPSA) is 40.5 Å². The van der Waals surface area contributed by atoms with Gasteiger partial charge in [-0.05, 0) is 57.9 Å². The number of hydrogen-bond donors (Lipinski definition) is 2. The Balaban J connectivity index is 1.86. The predicted molar refractivity (Wildman–Crippen MR) is 90.1 cm³/mol. The van der Waals surface area contributed by atoms with Crippen molar-refractivity contribution in [2.75, 3.05) is 6.61 Å². The Morgan fingerprint density at radius 2 is 1.77 bits per heavy atom. The van der Waals surface area contributed by atoms with Gasteiger partial charge in [0.05, 0.1) is 12.7 Å². The van der Waals surface area contributed by atoms with Crippen LogP contribution in [0.5, 0.6) is 0 Å². The van der Waals surface area contributed by atoms with Crippen LogP contribution in [0, 0.1) is 5.92 Å². The molecule has 0 saturated heterocycles. The number of aryl methyl sites for hydroxylation is 1. The summed E-state index contributed by atoms with van der Waals surface area (Å²) in [5.41, 5.74) is 2.75. The van der Waals surface area contributed by atoms with E-state index in [1.54, 1.807) is 0 Å². The fraction of sp³-hybridized carbons (Fsp3) is 0.300. The van der Waals surface area contributed by atoms with Crippen molar-refractivity contribution < 1.29 is 10.2 Å². The molecule has 0 aromatic heterocycles. The van der Waals surface area contributed by atoms with Crippen molar-refractivity contribution >= 4 is 21.5 Å². The zero-order valence-electron chi connectivity index (χ0n) is 12.5. The van der Waals surface area contributed by atoms with Crippen LogP contribution in [0.3, 0.4) is 0 Å². The molecule has 2 N–H and O–H groups in total. The lowest BCUT2D eigenvalue weighted by Gasteiger charge is -2.28. The van der Waals surface area contributed by atoms with Crippen molar-refractivity contribution in [1.82, 2.24) is 0 Å². The van der Waals surface area contributed by atoms with Gasteiger partial charge >= 0.3 is 0 Å². The summed E-state index contributed by atoms with van der Waals surface area (Å²) in [5, 5.41) is 24.3. The Hall–Kier alpha value is -1.90. The Labute approximate surface area is 130 Å². The van der Waals surface area contributed by atoms with Crippen LogP contribution < -0.4 is 0 Å². The fourth-order valence-corrected chi connectivity index (χ4v) is 3.87. The molecule has 1 aliphatic carbocycles.